The van der Waals surface area contributed by atoms with Gasteiger partial charge in [-0.05, 0) is 43.1 Å². The SMILES string of the molecule is OCC(O)CCCCBr.c1ccc(P(c2ccccc2)c2ccccc2)cc1. The molecular weight excluding hydrogens is 431 g/mol. The fourth-order valence-electron chi connectivity index (χ4n) is 2.74. The summed E-state index contributed by atoms with van der Waals surface area (Å²) in [4.78, 5) is 0. The molecule has 2 nitrogen and oxygen atoms in total. The molecule has 0 aromatic heterocycles. The van der Waals surface area contributed by atoms with Gasteiger partial charge >= 0.3 is 0 Å². The smallest absolute Gasteiger partial charge is 0.0770 e. The first-order valence-corrected chi connectivity index (χ1v) is 12.0. The number of aliphatic hydroxyl groups excluding tert-OH is 2. The van der Waals surface area contributed by atoms with Crippen LogP contribution in [0.15, 0.2) is 91.0 Å². The molecule has 148 valence electrons. The van der Waals surface area contributed by atoms with E-state index in [4.69, 9.17) is 10.2 Å². The van der Waals surface area contributed by atoms with Crippen LogP contribution in [-0.4, -0.2) is 28.3 Å². The maximum absolute atomic E-state index is 8.82. The summed E-state index contributed by atoms with van der Waals surface area (Å²) in [5.74, 6) is 0. The third kappa shape index (κ3) is 7.85. The van der Waals surface area contributed by atoms with Crippen LogP contribution < -0.4 is 15.9 Å². The molecule has 0 heterocycles. The van der Waals surface area contributed by atoms with Gasteiger partial charge in [-0.2, -0.15) is 0 Å². The lowest BCUT2D eigenvalue weighted by Gasteiger charge is -2.18. The summed E-state index contributed by atoms with van der Waals surface area (Å²) in [6.07, 6.45) is 2.25. The molecule has 0 amide bonds. The van der Waals surface area contributed by atoms with Crippen molar-refractivity contribution in [2.45, 2.75) is 25.4 Å². The highest BCUT2D eigenvalue weighted by Gasteiger charge is 2.14. The van der Waals surface area contributed by atoms with Crippen molar-refractivity contribution in [2.24, 2.45) is 0 Å². The first kappa shape index (κ1) is 22.8. The maximum atomic E-state index is 8.82. The van der Waals surface area contributed by atoms with Crippen molar-refractivity contribution in [3.63, 3.8) is 0 Å². The average Bonchev–Trinajstić information content (AvgIpc) is 2.77. The van der Waals surface area contributed by atoms with E-state index >= 15 is 0 Å². The van der Waals surface area contributed by atoms with Crippen LogP contribution in [0.2, 0.25) is 0 Å². The van der Waals surface area contributed by atoms with Crippen LogP contribution in [-0.2, 0) is 0 Å². The van der Waals surface area contributed by atoms with E-state index in [0.717, 1.165) is 18.2 Å². The largest absolute Gasteiger partial charge is 0.394 e. The van der Waals surface area contributed by atoms with Crippen molar-refractivity contribution < 1.29 is 10.2 Å². The predicted molar refractivity (Wildman–Crippen MR) is 126 cm³/mol. The summed E-state index contributed by atoms with van der Waals surface area (Å²) in [5, 5.41) is 22.4. The van der Waals surface area contributed by atoms with Crippen LogP contribution in [0, 0.1) is 0 Å². The van der Waals surface area contributed by atoms with E-state index in [1.807, 2.05) is 0 Å². The lowest BCUT2D eigenvalue weighted by Crippen LogP contribution is -2.20. The number of halogens is 1. The summed E-state index contributed by atoms with van der Waals surface area (Å²) >= 11 is 3.28. The van der Waals surface area contributed by atoms with E-state index in [1.165, 1.54) is 15.9 Å². The van der Waals surface area contributed by atoms with E-state index < -0.39 is 14.0 Å². The zero-order valence-electron chi connectivity index (χ0n) is 16.0. The second kappa shape index (κ2) is 13.6. The molecule has 28 heavy (non-hydrogen) atoms. The topological polar surface area (TPSA) is 40.5 Å². The van der Waals surface area contributed by atoms with Crippen molar-refractivity contribution in [1.82, 2.24) is 0 Å². The molecule has 0 aliphatic rings. The van der Waals surface area contributed by atoms with Crippen molar-refractivity contribution in [1.29, 1.82) is 0 Å². The van der Waals surface area contributed by atoms with Crippen molar-refractivity contribution >= 4 is 39.8 Å². The number of alkyl halides is 1. The van der Waals surface area contributed by atoms with Crippen LogP contribution in [0.1, 0.15) is 19.3 Å². The number of rotatable bonds is 8. The van der Waals surface area contributed by atoms with Gasteiger partial charge in [0.05, 0.1) is 12.7 Å². The Morgan fingerprint density at radius 2 is 1.07 bits per heavy atom. The molecule has 4 heteroatoms. The van der Waals surface area contributed by atoms with Crippen molar-refractivity contribution in [2.75, 3.05) is 11.9 Å². The Morgan fingerprint density at radius 3 is 1.39 bits per heavy atom. The molecule has 3 rings (SSSR count). The quantitative estimate of drug-likeness (QED) is 0.299. The Balaban J connectivity index is 0.000000266. The minimum atomic E-state index is -0.510. The second-order valence-electron chi connectivity index (χ2n) is 6.36. The van der Waals surface area contributed by atoms with E-state index in [1.54, 1.807) is 0 Å². The molecular formula is C24H28BrO2P. The Labute approximate surface area is 178 Å². The van der Waals surface area contributed by atoms with Gasteiger partial charge in [-0.1, -0.05) is 107 Å². The van der Waals surface area contributed by atoms with Gasteiger partial charge in [0, 0.05) is 5.33 Å². The number of hydrogen-bond acceptors (Lipinski definition) is 2. The monoisotopic (exact) mass is 458 g/mol. The van der Waals surface area contributed by atoms with Crippen LogP contribution in [0.4, 0.5) is 0 Å². The van der Waals surface area contributed by atoms with Gasteiger partial charge in [-0.3, -0.25) is 0 Å². The molecule has 2 N–H and O–H groups in total. The number of benzene rings is 3. The summed E-state index contributed by atoms with van der Waals surface area (Å²) in [7, 11) is -0.446. The maximum Gasteiger partial charge on any atom is 0.0770 e. The lowest BCUT2D eigenvalue weighted by molar-refractivity contribution is 0.0865. The van der Waals surface area contributed by atoms with Gasteiger partial charge in [0.2, 0.25) is 0 Å². The molecule has 0 saturated heterocycles. The van der Waals surface area contributed by atoms with Gasteiger partial charge in [-0.15, -0.1) is 0 Å². The highest BCUT2D eigenvalue weighted by atomic mass is 79.9. The molecule has 1 atom stereocenters. The van der Waals surface area contributed by atoms with Crippen LogP contribution in [0.5, 0.6) is 0 Å². The Kier molecular flexibility index (Phi) is 11.1. The standard InChI is InChI=1S/C18H15P.C6H13BrO2/c1-4-10-16(11-5-1)19(17-12-6-2-7-13-17)18-14-8-3-9-15-18;7-4-2-1-3-6(9)5-8/h1-15H;6,8-9H,1-5H2. The highest BCUT2D eigenvalue weighted by Crippen LogP contribution is 2.32. The van der Waals surface area contributed by atoms with E-state index in [0.29, 0.717) is 6.42 Å². The molecule has 3 aromatic carbocycles. The first-order chi connectivity index (χ1) is 13.8. The minimum absolute atomic E-state index is 0.109. The first-order valence-electron chi connectivity index (χ1n) is 9.56. The van der Waals surface area contributed by atoms with Gasteiger partial charge < -0.3 is 10.2 Å². The van der Waals surface area contributed by atoms with E-state index in [2.05, 4.69) is 107 Å². The fraction of sp³-hybridized carbons (Fsp3) is 0.250. The lowest BCUT2D eigenvalue weighted by atomic mass is 10.2. The molecule has 0 bridgehead atoms. The molecule has 0 aliphatic carbocycles. The van der Waals surface area contributed by atoms with Crippen LogP contribution in [0.25, 0.3) is 0 Å². The summed E-state index contributed by atoms with van der Waals surface area (Å²) in [5.41, 5.74) is 0. The summed E-state index contributed by atoms with van der Waals surface area (Å²) in [6, 6.07) is 32.3. The zero-order chi connectivity index (χ0) is 20.0. The molecule has 0 radical (unpaired) electrons. The third-order valence-corrected chi connectivity index (χ3v) is 7.18. The second-order valence-corrected chi connectivity index (χ2v) is 9.38. The fourth-order valence-corrected chi connectivity index (χ4v) is 5.45. The van der Waals surface area contributed by atoms with Gasteiger partial charge in [0.25, 0.3) is 0 Å². The van der Waals surface area contributed by atoms with Crippen LogP contribution >= 0.6 is 23.9 Å². The van der Waals surface area contributed by atoms with E-state index in [9.17, 15) is 0 Å². The van der Waals surface area contributed by atoms with Crippen LogP contribution in [0.3, 0.4) is 0 Å². The number of aliphatic hydroxyl groups is 2. The molecule has 3 aromatic rings. The molecule has 0 aliphatic heterocycles. The normalized spacial score (nSPS) is 11.6. The molecule has 0 spiro atoms. The predicted octanol–water partition coefficient (Wildman–Crippen LogP) is 4.35. The summed E-state index contributed by atoms with van der Waals surface area (Å²) in [6.45, 7) is -0.109. The number of unbranched alkanes of at least 4 members (excludes halogenated alkanes) is 1. The zero-order valence-corrected chi connectivity index (χ0v) is 18.5. The van der Waals surface area contributed by atoms with Gasteiger partial charge in [-0.25, -0.2) is 0 Å². The number of hydrogen-bond donors (Lipinski definition) is 2. The molecule has 1 unspecified atom stereocenters. The Bertz CT molecular complexity index is 659. The minimum Gasteiger partial charge on any atom is -0.394 e. The molecule has 0 fully saturated rings. The van der Waals surface area contributed by atoms with Gasteiger partial charge in [0.15, 0.2) is 0 Å². The van der Waals surface area contributed by atoms with E-state index in [-0.39, 0.29) is 6.61 Å². The summed E-state index contributed by atoms with van der Waals surface area (Å²) < 4.78 is 0. The highest BCUT2D eigenvalue weighted by molar-refractivity contribution is 9.09. The molecule has 0 saturated carbocycles. The Hall–Kier alpha value is -1.51. The van der Waals surface area contributed by atoms with Crippen molar-refractivity contribution in [3.8, 4) is 0 Å². The average molecular weight is 459 g/mol. The van der Waals surface area contributed by atoms with Gasteiger partial charge in [0.1, 0.15) is 0 Å². The van der Waals surface area contributed by atoms with Crippen molar-refractivity contribution in [3.05, 3.63) is 91.0 Å². The Morgan fingerprint density at radius 1 is 0.679 bits per heavy atom. The third-order valence-electron chi connectivity index (χ3n) is 4.17.